The fraction of sp³-hybridized carbons (Fsp3) is 0.417. The number of hydrogen-bond acceptors (Lipinski definition) is 4. The van der Waals surface area contributed by atoms with E-state index >= 15 is 0 Å². The quantitative estimate of drug-likeness (QED) is 0.788. The van der Waals surface area contributed by atoms with Gasteiger partial charge in [-0.2, -0.15) is 0 Å². The van der Waals surface area contributed by atoms with Crippen molar-refractivity contribution < 1.29 is 4.79 Å². The van der Waals surface area contributed by atoms with Crippen LogP contribution in [0.5, 0.6) is 0 Å². The van der Waals surface area contributed by atoms with Crippen LogP contribution in [-0.2, 0) is 4.79 Å². The van der Waals surface area contributed by atoms with Crippen molar-refractivity contribution >= 4 is 11.7 Å². The molecule has 2 N–H and O–H groups in total. The molecule has 1 aromatic heterocycles. The number of primary amides is 1. The Morgan fingerprint density at radius 2 is 2.12 bits per heavy atom. The van der Waals surface area contributed by atoms with Crippen molar-refractivity contribution in [2.24, 2.45) is 5.73 Å². The number of piperazine rings is 1. The van der Waals surface area contributed by atoms with Crippen LogP contribution in [0.1, 0.15) is 0 Å². The molecule has 1 aliphatic heterocycles. The molecule has 0 aromatic carbocycles. The van der Waals surface area contributed by atoms with Crippen LogP contribution >= 0.6 is 0 Å². The van der Waals surface area contributed by atoms with Crippen LogP contribution in [0.3, 0.4) is 0 Å². The molecule has 1 amide bonds. The van der Waals surface area contributed by atoms with Gasteiger partial charge in [0.25, 0.3) is 0 Å². The third-order valence-electron chi connectivity index (χ3n) is 2.90. The van der Waals surface area contributed by atoms with Gasteiger partial charge in [-0.05, 0) is 12.1 Å². The zero-order valence-corrected chi connectivity index (χ0v) is 9.75. The van der Waals surface area contributed by atoms with Crippen molar-refractivity contribution in [2.75, 3.05) is 37.6 Å². The van der Waals surface area contributed by atoms with E-state index < -0.39 is 0 Å². The van der Waals surface area contributed by atoms with Gasteiger partial charge in [-0.1, -0.05) is 6.07 Å². The lowest BCUT2D eigenvalue weighted by molar-refractivity contribution is -0.115. The number of hydrogen-bond donors (Lipinski definition) is 1. The van der Waals surface area contributed by atoms with Crippen LogP contribution in [0.15, 0.2) is 24.4 Å². The van der Waals surface area contributed by atoms with E-state index in [1.54, 1.807) is 0 Å². The first kappa shape index (κ1) is 11.9. The van der Waals surface area contributed by atoms with Crippen molar-refractivity contribution in [3.05, 3.63) is 30.8 Å². The van der Waals surface area contributed by atoms with E-state index in [4.69, 9.17) is 5.73 Å². The molecule has 1 saturated heterocycles. The Labute approximate surface area is 101 Å². The molecule has 2 heterocycles. The lowest BCUT2D eigenvalue weighted by Gasteiger charge is -2.35. The summed E-state index contributed by atoms with van der Waals surface area (Å²) in [6.45, 7) is 4.37. The average Bonchev–Trinajstić information content (AvgIpc) is 2.38. The zero-order valence-electron chi connectivity index (χ0n) is 9.75. The number of nitrogens with zero attached hydrogens (tertiary/aromatic N) is 3. The second-order valence-electron chi connectivity index (χ2n) is 4.08. The van der Waals surface area contributed by atoms with Gasteiger partial charge < -0.3 is 10.6 Å². The Kier molecular flexibility index (Phi) is 3.93. The molecule has 1 fully saturated rings. The molecule has 1 aromatic rings. The van der Waals surface area contributed by atoms with Crippen LogP contribution < -0.4 is 10.6 Å². The summed E-state index contributed by atoms with van der Waals surface area (Å²) in [7, 11) is 0. The molecule has 1 radical (unpaired) electrons. The Morgan fingerprint density at radius 3 is 2.71 bits per heavy atom. The van der Waals surface area contributed by atoms with Gasteiger partial charge in [-0.15, -0.1) is 0 Å². The Hall–Kier alpha value is -1.62. The van der Waals surface area contributed by atoms with E-state index in [2.05, 4.69) is 14.8 Å². The smallest absolute Gasteiger partial charge is 0.222 e. The lowest BCUT2D eigenvalue weighted by Crippen LogP contribution is -2.47. The summed E-state index contributed by atoms with van der Waals surface area (Å²) < 4.78 is 0. The van der Waals surface area contributed by atoms with E-state index in [1.807, 2.05) is 24.4 Å². The van der Waals surface area contributed by atoms with Gasteiger partial charge in [-0.3, -0.25) is 9.69 Å². The third kappa shape index (κ3) is 3.42. The van der Waals surface area contributed by atoms with Crippen LogP contribution in [0, 0.1) is 6.42 Å². The van der Waals surface area contributed by atoms with E-state index in [-0.39, 0.29) is 5.91 Å². The van der Waals surface area contributed by atoms with Crippen molar-refractivity contribution in [3.63, 3.8) is 0 Å². The number of rotatable bonds is 4. The standard InChI is InChI=1S/C12H17N4O/c13-11(17)4-6-15-7-9-16(10-8-15)12-3-1-2-5-14-12/h1-5H,6-10H2,(H2,13,17). The normalized spacial score (nSPS) is 17.1. The Bertz CT molecular complexity index is 360. The minimum Gasteiger partial charge on any atom is -0.369 e. The molecular formula is C12H17N4O. The average molecular weight is 233 g/mol. The lowest BCUT2D eigenvalue weighted by atomic mass is 10.2. The van der Waals surface area contributed by atoms with Crippen LogP contribution in [-0.4, -0.2) is 48.5 Å². The minimum atomic E-state index is -0.350. The van der Waals surface area contributed by atoms with Gasteiger partial charge in [-0.25, -0.2) is 4.98 Å². The Balaban J connectivity index is 1.80. The first-order valence-corrected chi connectivity index (χ1v) is 5.76. The predicted molar refractivity (Wildman–Crippen MR) is 66.4 cm³/mol. The second-order valence-corrected chi connectivity index (χ2v) is 4.08. The van der Waals surface area contributed by atoms with Gasteiger partial charge in [0.05, 0.1) is 6.42 Å². The summed E-state index contributed by atoms with van der Waals surface area (Å²) in [5, 5.41) is 0. The van der Waals surface area contributed by atoms with Crippen LogP contribution in [0.2, 0.25) is 0 Å². The third-order valence-corrected chi connectivity index (χ3v) is 2.90. The van der Waals surface area contributed by atoms with Gasteiger partial charge in [0, 0.05) is 38.9 Å². The molecule has 91 valence electrons. The number of carbonyl (C=O) groups excluding carboxylic acids is 1. The fourth-order valence-corrected chi connectivity index (χ4v) is 1.92. The second kappa shape index (κ2) is 5.63. The SMILES string of the molecule is NC(=O)[CH]CN1CCN(c2ccccn2)CC1. The first-order chi connectivity index (χ1) is 8.25. The molecular weight excluding hydrogens is 216 g/mol. The maximum atomic E-state index is 10.6. The monoisotopic (exact) mass is 233 g/mol. The molecule has 2 rings (SSSR count). The van der Waals surface area contributed by atoms with Gasteiger partial charge in [0.2, 0.25) is 5.91 Å². The summed E-state index contributed by atoms with van der Waals surface area (Å²) in [4.78, 5) is 19.4. The summed E-state index contributed by atoms with van der Waals surface area (Å²) in [5.41, 5.74) is 5.09. The molecule has 0 spiro atoms. The molecule has 0 atom stereocenters. The minimum absolute atomic E-state index is 0.350. The number of carbonyl (C=O) groups is 1. The molecule has 0 saturated carbocycles. The number of aromatic nitrogens is 1. The topological polar surface area (TPSA) is 62.5 Å². The molecule has 5 heteroatoms. The van der Waals surface area contributed by atoms with Crippen molar-refractivity contribution in [1.82, 2.24) is 9.88 Å². The Morgan fingerprint density at radius 1 is 1.35 bits per heavy atom. The maximum absolute atomic E-state index is 10.6. The van der Waals surface area contributed by atoms with Gasteiger partial charge in [0.1, 0.15) is 5.82 Å². The van der Waals surface area contributed by atoms with E-state index in [9.17, 15) is 4.79 Å². The van der Waals surface area contributed by atoms with Crippen molar-refractivity contribution in [3.8, 4) is 0 Å². The predicted octanol–water partition coefficient (Wildman–Crippen LogP) is -0.107. The zero-order chi connectivity index (χ0) is 12.1. The number of amides is 1. The van der Waals surface area contributed by atoms with E-state index in [1.165, 1.54) is 6.42 Å². The largest absolute Gasteiger partial charge is 0.369 e. The highest BCUT2D eigenvalue weighted by atomic mass is 16.1. The number of anilines is 1. The molecule has 17 heavy (non-hydrogen) atoms. The molecule has 0 unspecified atom stereocenters. The summed E-state index contributed by atoms with van der Waals surface area (Å²) in [5.74, 6) is 0.670. The fourth-order valence-electron chi connectivity index (χ4n) is 1.92. The number of nitrogens with two attached hydrogens (primary N) is 1. The van der Waals surface area contributed by atoms with E-state index in [0.717, 1.165) is 32.0 Å². The summed E-state index contributed by atoms with van der Waals surface area (Å²) in [6.07, 6.45) is 3.33. The summed E-state index contributed by atoms with van der Waals surface area (Å²) in [6, 6.07) is 5.93. The highest BCUT2D eigenvalue weighted by molar-refractivity contribution is 5.83. The first-order valence-electron chi connectivity index (χ1n) is 5.76. The molecule has 0 aliphatic carbocycles. The van der Waals surface area contributed by atoms with Crippen LogP contribution in [0.4, 0.5) is 5.82 Å². The summed E-state index contributed by atoms with van der Waals surface area (Å²) >= 11 is 0. The molecule has 5 nitrogen and oxygen atoms in total. The van der Waals surface area contributed by atoms with Gasteiger partial charge >= 0.3 is 0 Å². The highest BCUT2D eigenvalue weighted by Gasteiger charge is 2.17. The van der Waals surface area contributed by atoms with Gasteiger partial charge in [0.15, 0.2) is 0 Å². The van der Waals surface area contributed by atoms with Crippen LogP contribution in [0.25, 0.3) is 0 Å². The highest BCUT2D eigenvalue weighted by Crippen LogP contribution is 2.12. The molecule has 1 aliphatic rings. The van der Waals surface area contributed by atoms with Crippen molar-refractivity contribution in [2.45, 2.75) is 0 Å². The maximum Gasteiger partial charge on any atom is 0.222 e. The van der Waals surface area contributed by atoms with Crippen molar-refractivity contribution in [1.29, 1.82) is 0 Å². The van der Waals surface area contributed by atoms with E-state index in [0.29, 0.717) is 6.54 Å². The molecule has 0 bridgehead atoms. The number of pyridine rings is 1.